The van der Waals surface area contributed by atoms with Crippen molar-refractivity contribution in [2.45, 2.75) is 64.4 Å². The first kappa shape index (κ1) is 15.6. The molecule has 0 aromatic rings. The van der Waals surface area contributed by atoms with Crippen LogP contribution in [0, 0.1) is 5.92 Å². The lowest BCUT2D eigenvalue weighted by molar-refractivity contribution is -0.0241. The zero-order chi connectivity index (χ0) is 15.1. The summed E-state index contributed by atoms with van der Waals surface area (Å²) >= 11 is 0. The molecule has 0 bridgehead atoms. The molecule has 2 saturated heterocycles. The second kappa shape index (κ2) is 5.19. The normalized spacial score (nSPS) is 37.4. The molecular formula is C15H27NO4. The number of carbonyl (C=O) groups is 1. The fraction of sp³-hybridized carbons (Fsp3) is 0.933. The van der Waals surface area contributed by atoms with Gasteiger partial charge >= 0.3 is 6.09 Å². The van der Waals surface area contributed by atoms with E-state index < -0.39 is 5.60 Å². The summed E-state index contributed by atoms with van der Waals surface area (Å²) in [6.07, 6.45) is 0.734. The van der Waals surface area contributed by atoms with Crippen molar-refractivity contribution in [3.8, 4) is 0 Å². The van der Waals surface area contributed by atoms with Gasteiger partial charge < -0.3 is 19.1 Å². The van der Waals surface area contributed by atoms with Crippen LogP contribution < -0.4 is 0 Å². The molecule has 20 heavy (non-hydrogen) atoms. The van der Waals surface area contributed by atoms with Crippen LogP contribution in [-0.2, 0) is 14.2 Å². The zero-order valence-corrected chi connectivity index (χ0v) is 13.4. The van der Waals surface area contributed by atoms with Crippen molar-refractivity contribution in [2.24, 2.45) is 5.92 Å². The zero-order valence-electron chi connectivity index (χ0n) is 13.4. The molecule has 2 heterocycles. The molecule has 2 aliphatic heterocycles. The van der Waals surface area contributed by atoms with Crippen molar-refractivity contribution in [3.05, 3.63) is 0 Å². The van der Waals surface area contributed by atoms with Crippen molar-refractivity contribution in [1.29, 1.82) is 0 Å². The molecule has 1 spiro atoms. The van der Waals surface area contributed by atoms with E-state index in [0.29, 0.717) is 19.1 Å². The number of rotatable bonds is 1. The first-order chi connectivity index (χ1) is 9.15. The van der Waals surface area contributed by atoms with Crippen LogP contribution in [0.25, 0.3) is 0 Å². The predicted octanol–water partition coefficient (Wildman–Crippen LogP) is 2.44. The van der Waals surface area contributed by atoms with Gasteiger partial charge in [-0.1, -0.05) is 6.92 Å². The van der Waals surface area contributed by atoms with Gasteiger partial charge in [-0.25, -0.2) is 4.79 Å². The minimum atomic E-state index is -0.471. The maximum Gasteiger partial charge on any atom is 0.410 e. The third kappa shape index (κ3) is 2.93. The molecule has 0 unspecified atom stereocenters. The maximum atomic E-state index is 12.1. The van der Waals surface area contributed by atoms with Gasteiger partial charge in [0.15, 0.2) is 0 Å². The number of likely N-dealkylation sites (N-methyl/N-ethyl adjacent to an activating group) is 1. The highest BCUT2D eigenvalue weighted by Gasteiger charge is 2.52. The number of amides is 1. The molecule has 116 valence electrons. The van der Waals surface area contributed by atoms with E-state index in [1.165, 1.54) is 0 Å². The standard InChI is InChI=1S/C15H27NO4/c1-10-11(2)18-9-15(10)7-12(8-19-15)16(6)13(17)20-14(3,4)5/h10-12H,7-9H2,1-6H3/t10-,11-,12+,15+/m0/s1. The van der Waals surface area contributed by atoms with Gasteiger partial charge in [-0.15, -0.1) is 0 Å². The van der Waals surface area contributed by atoms with Crippen LogP contribution in [0.5, 0.6) is 0 Å². The summed E-state index contributed by atoms with van der Waals surface area (Å²) in [6, 6.07) is 0.0567. The van der Waals surface area contributed by atoms with E-state index >= 15 is 0 Å². The summed E-state index contributed by atoms with van der Waals surface area (Å²) in [5.74, 6) is 0.347. The van der Waals surface area contributed by atoms with Gasteiger partial charge in [-0.2, -0.15) is 0 Å². The topological polar surface area (TPSA) is 48.0 Å². The number of nitrogens with zero attached hydrogens (tertiary/aromatic N) is 1. The second-order valence-corrected chi connectivity index (χ2v) is 7.13. The van der Waals surface area contributed by atoms with Crippen molar-refractivity contribution in [2.75, 3.05) is 20.3 Å². The van der Waals surface area contributed by atoms with Crippen LogP contribution in [0.3, 0.4) is 0 Å². The van der Waals surface area contributed by atoms with Crippen LogP contribution in [0.4, 0.5) is 4.79 Å². The number of carbonyl (C=O) groups excluding carboxylic acids is 1. The third-order valence-corrected chi connectivity index (χ3v) is 4.50. The fourth-order valence-electron chi connectivity index (χ4n) is 2.90. The van der Waals surface area contributed by atoms with Crippen LogP contribution in [0.15, 0.2) is 0 Å². The highest BCUT2D eigenvalue weighted by molar-refractivity contribution is 5.68. The molecule has 5 heteroatoms. The Kier molecular flexibility index (Phi) is 4.04. The van der Waals surface area contributed by atoms with Crippen molar-refractivity contribution >= 4 is 6.09 Å². The fourth-order valence-corrected chi connectivity index (χ4v) is 2.90. The quantitative estimate of drug-likeness (QED) is 0.742. The van der Waals surface area contributed by atoms with Gasteiger partial charge in [0, 0.05) is 19.4 Å². The van der Waals surface area contributed by atoms with E-state index in [0.717, 1.165) is 6.42 Å². The summed E-state index contributed by atoms with van der Waals surface area (Å²) in [5.41, 5.74) is -0.707. The Morgan fingerprint density at radius 3 is 2.50 bits per heavy atom. The maximum absolute atomic E-state index is 12.1. The first-order valence-electron chi connectivity index (χ1n) is 7.36. The molecule has 0 aliphatic carbocycles. The van der Waals surface area contributed by atoms with E-state index in [9.17, 15) is 4.79 Å². The lowest BCUT2D eigenvalue weighted by atomic mass is 9.85. The third-order valence-electron chi connectivity index (χ3n) is 4.50. The Hall–Kier alpha value is -0.810. The average molecular weight is 285 g/mol. The number of ether oxygens (including phenoxy) is 3. The van der Waals surface area contributed by atoms with E-state index in [-0.39, 0.29) is 23.8 Å². The van der Waals surface area contributed by atoms with Gasteiger partial charge in [0.1, 0.15) is 5.60 Å². The Morgan fingerprint density at radius 2 is 2.00 bits per heavy atom. The number of hydrogen-bond donors (Lipinski definition) is 0. The Bertz CT molecular complexity index is 379. The van der Waals surface area contributed by atoms with Crippen LogP contribution in [0.1, 0.15) is 41.0 Å². The highest BCUT2D eigenvalue weighted by Crippen LogP contribution is 2.42. The summed E-state index contributed by atoms with van der Waals surface area (Å²) in [7, 11) is 1.78. The van der Waals surface area contributed by atoms with Gasteiger partial charge in [0.2, 0.25) is 0 Å². The largest absolute Gasteiger partial charge is 0.444 e. The smallest absolute Gasteiger partial charge is 0.410 e. The highest BCUT2D eigenvalue weighted by atomic mass is 16.6. The van der Waals surface area contributed by atoms with Gasteiger partial charge in [0.05, 0.1) is 31.0 Å². The van der Waals surface area contributed by atoms with Gasteiger partial charge in [-0.05, 0) is 27.7 Å². The van der Waals surface area contributed by atoms with E-state index in [1.54, 1.807) is 11.9 Å². The van der Waals surface area contributed by atoms with Crippen molar-refractivity contribution < 1.29 is 19.0 Å². The second-order valence-electron chi connectivity index (χ2n) is 7.13. The van der Waals surface area contributed by atoms with Crippen molar-refractivity contribution in [3.63, 3.8) is 0 Å². The minimum Gasteiger partial charge on any atom is -0.444 e. The molecule has 0 saturated carbocycles. The van der Waals surface area contributed by atoms with E-state index in [2.05, 4.69) is 13.8 Å². The summed E-state index contributed by atoms with van der Waals surface area (Å²) in [4.78, 5) is 13.8. The first-order valence-corrected chi connectivity index (χ1v) is 7.36. The molecule has 5 nitrogen and oxygen atoms in total. The van der Waals surface area contributed by atoms with Crippen LogP contribution in [-0.4, -0.2) is 54.6 Å². The lowest BCUT2D eigenvalue weighted by Gasteiger charge is -2.30. The van der Waals surface area contributed by atoms with E-state index in [4.69, 9.17) is 14.2 Å². The van der Waals surface area contributed by atoms with E-state index in [1.807, 2.05) is 20.8 Å². The monoisotopic (exact) mass is 285 g/mol. The molecule has 2 rings (SSSR count). The molecular weight excluding hydrogens is 258 g/mol. The van der Waals surface area contributed by atoms with Crippen LogP contribution in [0.2, 0.25) is 0 Å². The van der Waals surface area contributed by atoms with Crippen LogP contribution >= 0.6 is 0 Å². The van der Waals surface area contributed by atoms with Crippen molar-refractivity contribution in [1.82, 2.24) is 4.90 Å². The molecule has 0 aromatic heterocycles. The molecule has 2 aliphatic rings. The molecule has 2 fully saturated rings. The lowest BCUT2D eigenvalue weighted by Crippen LogP contribution is -2.43. The molecule has 0 radical (unpaired) electrons. The number of hydrogen-bond acceptors (Lipinski definition) is 4. The van der Waals surface area contributed by atoms with Gasteiger partial charge in [-0.3, -0.25) is 0 Å². The predicted molar refractivity (Wildman–Crippen MR) is 75.7 cm³/mol. The summed E-state index contributed by atoms with van der Waals surface area (Å²) < 4.78 is 17.1. The SMILES string of the molecule is C[C@@H]1OC[C@]2(C[C@@H](N(C)C(=O)OC(C)(C)C)CO2)[C@H]1C. The molecule has 4 atom stereocenters. The Morgan fingerprint density at radius 1 is 1.35 bits per heavy atom. The summed E-state index contributed by atoms with van der Waals surface area (Å²) in [5, 5.41) is 0. The minimum absolute atomic E-state index is 0.0567. The molecule has 0 N–H and O–H groups in total. The average Bonchev–Trinajstić information content (AvgIpc) is 2.87. The Balaban J connectivity index is 1.97. The summed E-state index contributed by atoms with van der Waals surface area (Å²) in [6.45, 7) is 11.0. The Labute approximate surface area is 121 Å². The molecule has 1 amide bonds. The molecule has 0 aromatic carbocycles. The van der Waals surface area contributed by atoms with Gasteiger partial charge in [0.25, 0.3) is 0 Å².